The molecule has 1 atom stereocenters. The lowest BCUT2D eigenvalue weighted by molar-refractivity contribution is -0.396. The van der Waals surface area contributed by atoms with Crippen molar-refractivity contribution in [3.8, 4) is 0 Å². The molecule has 0 amide bonds. The van der Waals surface area contributed by atoms with Crippen molar-refractivity contribution in [3.63, 3.8) is 0 Å². The number of nitrogens with zero attached hydrogens (tertiary/aromatic N) is 3. The number of hydrogen-bond donors (Lipinski definition) is 0. The molecule has 0 aliphatic rings. The highest BCUT2D eigenvalue weighted by Gasteiger charge is 2.31. The second kappa shape index (κ2) is 5.46. The van der Waals surface area contributed by atoms with E-state index >= 15 is 0 Å². The van der Waals surface area contributed by atoms with Gasteiger partial charge in [0.1, 0.15) is 11.8 Å². The summed E-state index contributed by atoms with van der Waals surface area (Å²) in [5.41, 5.74) is 1.17. The Morgan fingerprint density at radius 1 is 1.59 bits per heavy atom. The van der Waals surface area contributed by atoms with E-state index in [2.05, 4.69) is 4.98 Å². The van der Waals surface area contributed by atoms with E-state index in [1.807, 2.05) is 13.8 Å². The van der Waals surface area contributed by atoms with Crippen molar-refractivity contribution in [3.05, 3.63) is 21.5 Å². The Bertz CT molecular complexity index is 417. The minimum atomic E-state index is -0.521. The minimum absolute atomic E-state index is 0.129. The average Bonchev–Trinajstić information content (AvgIpc) is 2.57. The fourth-order valence-corrected chi connectivity index (χ4v) is 2.07. The molecular formula is C10H16ClN3O3. The summed E-state index contributed by atoms with van der Waals surface area (Å²) in [6.45, 7) is 3.95. The van der Waals surface area contributed by atoms with E-state index in [-0.39, 0.29) is 23.9 Å². The Kier molecular flexibility index (Phi) is 4.47. The van der Waals surface area contributed by atoms with Crippen LogP contribution in [0.25, 0.3) is 0 Å². The van der Waals surface area contributed by atoms with Gasteiger partial charge in [-0.2, -0.15) is 0 Å². The van der Waals surface area contributed by atoms with E-state index < -0.39 is 4.92 Å². The van der Waals surface area contributed by atoms with Crippen LogP contribution in [0.5, 0.6) is 0 Å². The van der Waals surface area contributed by atoms with Crippen molar-refractivity contribution in [2.45, 2.75) is 25.8 Å². The number of aromatic nitrogens is 2. The largest absolute Gasteiger partial charge is 0.434 e. The van der Waals surface area contributed by atoms with Gasteiger partial charge in [0, 0.05) is 7.11 Å². The summed E-state index contributed by atoms with van der Waals surface area (Å²) < 4.78 is 6.81. The molecule has 0 fully saturated rings. The molecular weight excluding hydrogens is 246 g/mol. The summed E-state index contributed by atoms with van der Waals surface area (Å²) in [7, 11) is 3.17. The zero-order valence-electron chi connectivity index (χ0n) is 10.3. The van der Waals surface area contributed by atoms with Gasteiger partial charge in [-0.3, -0.25) is 0 Å². The third-order valence-corrected chi connectivity index (χ3v) is 2.86. The fourth-order valence-electron chi connectivity index (χ4n) is 1.87. The van der Waals surface area contributed by atoms with Crippen LogP contribution in [0.2, 0.25) is 0 Å². The highest BCUT2D eigenvalue weighted by atomic mass is 35.5. The van der Waals surface area contributed by atoms with E-state index in [0.29, 0.717) is 11.4 Å². The molecule has 7 heteroatoms. The molecule has 0 radical (unpaired) electrons. The van der Waals surface area contributed by atoms with Crippen LogP contribution in [0, 0.1) is 16.0 Å². The molecule has 6 nitrogen and oxygen atoms in total. The lowest BCUT2D eigenvalue weighted by Gasteiger charge is -2.18. The van der Waals surface area contributed by atoms with Crippen LogP contribution in [-0.4, -0.2) is 21.6 Å². The molecule has 0 bridgehead atoms. The van der Waals surface area contributed by atoms with Crippen LogP contribution < -0.4 is 0 Å². The van der Waals surface area contributed by atoms with Gasteiger partial charge < -0.3 is 14.9 Å². The summed E-state index contributed by atoms with van der Waals surface area (Å²) in [6.07, 6.45) is -0.255. The van der Waals surface area contributed by atoms with Crippen LogP contribution in [-0.2, 0) is 17.7 Å². The van der Waals surface area contributed by atoms with E-state index in [9.17, 15) is 10.1 Å². The van der Waals surface area contributed by atoms with Crippen molar-refractivity contribution >= 4 is 17.5 Å². The molecule has 0 saturated carbocycles. The SMILES string of the molecule is COC(c1c(CCl)nc([N+](=O)[O-])n1C)C(C)C. The van der Waals surface area contributed by atoms with Gasteiger partial charge in [-0.25, -0.2) is 4.57 Å². The van der Waals surface area contributed by atoms with Crippen molar-refractivity contribution in [1.82, 2.24) is 9.55 Å². The number of rotatable bonds is 5. The molecule has 0 aromatic carbocycles. The van der Waals surface area contributed by atoms with Crippen molar-refractivity contribution in [2.24, 2.45) is 13.0 Å². The highest BCUT2D eigenvalue weighted by molar-refractivity contribution is 6.17. The molecule has 1 aromatic heterocycles. The molecule has 17 heavy (non-hydrogen) atoms. The molecule has 1 rings (SSSR count). The van der Waals surface area contributed by atoms with Gasteiger partial charge in [0.05, 0.1) is 12.9 Å². The number of imidazole rings is 1. The van der Waals surface area contributed by atoms with E-state index in [1.165, 1.54) is 4.57 Å². The first-order chi connectivity index (χ1) is 7.93. The zero-order chi connectivity index (χ0) is 13.2. The second-order valence-corrected chi connectivity index (χ2v) is 4.36. The third kappa shape index (κ3) is 2.58. The van der Waals surface area contributed by atoms with Gasteiger partial charge in [-0.05, 0) is 10.8 Å². The monoisotopic (exact) mass is 261 g/mol. The van der Waals surface area contributed by atoms with E-state index in [4.69, 9.17) is 16.3 Å². The maximum atomic E-state index is 10.8. The number of hydrogen-bond acceptors (Lipinski definition) is 4. The first kappa shape index (κ1) is 13.9. The van der Waals surface area contributed by atoms with Gasteiger partial charge in [-0.15, -0.1) is 11.6 Å². The molecule has 1 unspecified atom stereocenters. The van der Waals surface area contributed by atoms with Crippen LogP contribution in [0.1, 0.15) is 31.3 Å². The zero-order valence-corrected chi connectivity index (χ0v) is 11.1. The maximum Gasteiger partial charge on any atom is 0.434 e. The highest BCUT2D eigenvalue weighted by Crippen LogP contribution is 2.31. The molecule has 0 aliphatic heterocycles. The maximum absolute atomic E-state index is 10.8. The standard InChI is InChI=1S/C10H16ClN3O3/c1-6(2)9(17-4)8-7(5-11)12-10(13(8)3)14(15)16/h6,9H,5H2,1-4H3. The number of methoxy groups -OCH3 is 1. The fraction of sp³-hybridized carbons (Fsp3) is 0.700. The summed E-state index contributed by atoms with van der Waals surface area (Å²) in [4.78, 5) is 14.2. The molecule has 0 N–H and O–H groups in total. The summed E-state index contributed by atoms with van der Waals surface area (Å²) in [5.74, 6) is 0.0965. The quantitative estimate of drug-likeness (QED) is 0.464. The summed E-state index contributed by atoms with van der Waals surface area (Å²) in [5, 5.41) is 10.8. The van der Waals surface area contributed by atoms with Crippen LogP contribution in [0.4, 0.5) is 5.95 Å². The smallest absolute Gasteiger partial charge is 0.390 e. The number of nitro groups is 1. The average molecular weight is 262 g/mol. The van der Waals surface area contributed by atoms with Crippen LogP contribution >= 0.6 is 11.6 Å². The van der Waals surface area contributed by atoms with Crippen LogP contribution in [0.15, 0.2) is 0 Å². The molecule has 96 valence electrons. The van der Waals surface area contributed by atoms with Crippen molar-refractivity contribution in [2.75, 3.05) is 7.11 Å². The lowest BCUT2D eigenvalue weighted by Crippen LogP contribution is -2.15. The minimum Gasteiger partial charge on any atom is -0.390 e. The molecule has 1 aromatic rings. The van der Waals surface area contributed by atoms with Crippen LogP contribution in [0.3, 0.4) is 0 Å². The predicted molar refractivity (Wildman–Crippen MR) is 64.0 cm³/mol. The Balaban J connectivity index is 3.34. The normalized spacial score (nSPS) is 13.1. The number of ether oxygens (including phenoxy) is 1. The molecule has 1 heterocycles. The van der Waals surface area contributed by atoms with Crippen molar-refractivity contribution in [1.29, 1.82) is 0 Å². The van der Waals surface area contributed by atoms with Gasteiger partial charge in [0.25, 0.3) is 0 Å². The number of alkyl halides is 1. The topological polar surface area (TPSA) is 70.2 Å². The molecule has 0 spiro atoms. The number of halogens is 1. The van der Waals surface area contributed by atoms with Gasteiger partial charge in [-0.1, -0.05) is 18.8 Å². The Morgan fingerprint density at radius 3 is 2.53 bits per heavy atom. The Labute approximate surface area is 105 Å². The Hall–Kier alpha value is -1.14. The van der Waals surface area contributed by atoms with Gasteiger partial charge >= 0.3 is 5.95 Å². The first-order valence-electron chi connectivity index (χ1n) is 5.22. The van der Waals surface area contributed by atoms with Gasteiger partial charge in [0.15, 0.2) is 5.69 Å². The Morgan fingerprint density at radius 2 is 2.18 bits per heavy atom. The molecule has 0 aliphatic carbocycles. The van der Waals surface area contributed by atoms with E-state index in [1.54, 1.807) is 14.2 Å². The summed E-state index contributed by atoms with van der Waals surface area (Å²) in [6, 6.07) is 0. The summed E-state index contributed by atoms with van der Waals surface area (Å²) >= 11 is 5.77. The lowest BCUT2D eigenvalue weighted by atomic mass is 10.0. The predicted octanol–water partition coefficient (Wildman–Crippen LogP) is 2.41. The molecule has 0 saturated heterocycles. The van der Waals surface area contributed by atoms with Crippen molar-refractivity contribution < 1.29 is 9.66 Å². The first-order valence-corrected chi connectivity index (χ1v) is 5.76. The second-order valence-electron chi connectivity index (χ2n) is 4.09. The third-order valence-electron chi connectivity index (χ3n) is 2.61. The van der Waals surface area contributed by atoms with E-state index in [0.717, 1.165) is 0 Å². The van der Waals surface area contributed by atoms with Gasteiger partial charge in [0.2, 0.25) is 0 Å².